The Kier molecular flexibility index (Phi) is 8.50. The number of methoxy groups -OCH3 is 1. The monoisotopic (exact) mass is 626 g/mol. The van der Waals surface area contributed by atoms with Gasteiger partial charge in [0.25, 0.3) is 0 Å². The fraction of sp³-hybridized carbons (Fsp3) is 0.100. The summed E-state index contributed by atoms with van der Waals surface area (Å²) in [5.41, 5.74) is 0.810. The number of aromatic nitrogens is 5. The molecule has 1 radical (unpaired) electrons. The van der Waals surface area contributed by atoms with Gasteiger partial charge in [0.1, 0.15) is 11.6 Å². The van der Waals surface area contributed by atoms with E-state index in [2.05, 4.69) is 31.2 Å². The third-order valence-corrected chi connectivity index (χ3v) is 3.68. The van der Waals surface area contributed by atoms with Crippen LogP contribution in [0.1, 0.15) is 5.82 Å². The van der Waals surface area contributed by atoms with Gasteiger partial charge in [-0.05, 0) is 23.7 Å². The van der Waals surface area contributed by atoms with E-state index >= 15 is 0 Å². The summed E-state index contributed by atoms with van der Waals surface area (Å²) in [6.45, 7) is 0. The van der Waals surface area contributed by atoms with Crippen LogP contribution in [0.3, 0.4) is 0 Å². The van der Waals surface area contributed by atoms with Crippen molar-refractivity contribution in [3.63, 3.8) is 0 Å². The molecule has 0 saturated carbocycles. The maximum atomic E-state index is 13.2. The molecule has 0 saturated heterocycles. The zero-order valence-corrected chi connectivity index (χ0v) is 18.5. The number of hydrogen-bond donors (Lipinski definition) is 0. The number of hydrogen-bond acceptors (Lipinski definition) is 5. The number of nitrogens with zero attached hydrogens (tertiary/aromatic N) is 5. The average Bonchev–Trinajstić information content (AvgIpc) is 3.26. The minimum atomic E-state index is -4.61. The smallest absolute Gasteiger partial charge is 0.429 e. The van der Waals surface area contributed by atoms with Crippen molar-refractivity contribution in [3.8, 4) is 28.5 Å². The summed E-state index contributed by atoms with van der Waals surface area (Å²) >= 11 is 0. The molecule has 0 aliphatic rings. The van der Waals surface area contributed by atoms with Crippen LogP contribution >= 0.6 is 0 Å². The summed E-state index contributed by atoms with van der Waals surface area (Å²) in [5, 5.41) is 6.28. The maximum Gasteiger partial charge on any atom is 0.429 e. The standard InChI is InChI=1S/C11H6F2N.C9H6F3N4O.Ir/c12-8-4-5-9(10(13)7-8)11-3-1-2-6-14-11;1-17-5-2-3-13-6(4-5)7-14-8(16-15-7)9(10,11)12;/h1-4,6-7H;2-4H,1H3;/q2*-1;. The van der Waals surface area contributed by atoms with Crippen molar-refractivity contribution < 1.29 is 46.8 Å². The molecule has 0 unspecified atom stereocenters. The fourth-order valence-corrected chi connectivity index (χ4v) is 2.28. The van der Waals surface area contributed by atoms with Crippen molar-refractivity contribution in [1.82, 2.24) is 25.1 Å². The van der Waals surface area contributed by atoms with Crippen molar-refractivity contribution >= 4 is 0 Å². The Labute approximate surface area is 192 Å². The van der Waals surface area contributed by atoms with Crippen molar-refractivity contribution in [1.29, 1.82) is 0 Å². The van der Waals surface area contributed by atoms with Crippen LogP contribution in [0.4, 0.5) is 22.0 Å². The quantitative estimate of drug-likeness (QED) is 0.249. The second kappa shape index (κ2) is 10.9. The second-order valence-electron chi connectivity index (χ2n) is 5.79. The summed E-state index contributed by atoms with van der Waals surface area (Å²) in [6.07, 6.45) is -1.67. The molecule has 1 aromatic carbocycles. The normalized spacial score (nSPS) is 10.6. The van der Waals surface area contributed by atoms with Gasteiger partial charge in [0, 0.05) is 50.2 Å². The van der Waals surface area contributed by atoms with Crippen LogP contribution in [0.25, 0.3) is 22.8 Å². The molecule has 0 fully saturated rings. The second-order valence-corrected chi connectivity index (χ2v) is 5.79. The molecule has 0 N–H and O–H groups in total. The molecular formula is C20H12F5IrN5O-2. The molecule has 32 heavy (non-hydrogen) atoms. The van der Waals surface area contributed by atoms with E-state index in [0.717, 1.165) is 12.1 Å². The number of benzene rings is 1. The van der Waals surface area contributed by atoms with Crippen LogP contribution in [0.15, 0.2) is 54.9 Å². The molecule has 6 nitrogen and oxygen atoms in total. The first-order chi connectivity index (χ1) is 14.8. The molecule has 4 rings (SSSR count). The van der Waals surface area contributed by atoms with E-state index in [-0.39, 0.29) is 37.2 Å². The van der Waals surface area contributed by atoms with Gasteiger partial charge in [-0.15, -0.1) is 12.1 Å². The third-order valence-electron chi connectivity index (χ3n) is 3.68. The first-order valence-corrected chi connectivity index (χ1v) is 8.51. The van der Waals surface area contributed by atoms with Crippen LogP contribution in [-0.4, -0.2) is 27.2 Å². The van der Waals surface area contributed by atoms with Gasteiger partial charge in [0.05, 0.1) is 12.8 Å². The van der Waals surface area contributed by atoms with Crippen LogP contribution in [-0.2, 0) is 26.3 Å². The zero-order valence-electron chi connectivity index (χ0n) is 16.1. The molecule has 12 heteroatoms. The predicted octanol–water partition coefficient (Wildman–Crippen LogP) is 4.35. The van der Waals surface area contributed by atoms with E-state index in [1.54, 1.807) is 30.5 Å². The van der Waals surface area contributed by atoms with Gasteiger partial charge in [-0.1, -0.05) is 23.8 Å². The summed E-state index contributed by atoms with van der Waals surface area (Å²) in [6, 6.07) is 12.5. The van der Waals surface area contributed by atoms with Gasteiger partial charge in [0.2, 0.25) is 0 Å². The first-order valence-electron chi connectivity index (χ1n) is 8.51. The van der Waals surface area contributed by atoms with Gasteiger partial charge >= 0.3 is 6.18 Å². The number of ether oxygens (including phenoxy) is 1. The Balaban J connectivity index is 0.000000224. The van der Waals surface area contributed by atoms with Gasteiger partial charge in [-0.25, -0.2) is 0 Å². The topological polar surface area (TPSA) is 74.9 Å². The number of rotatable bonds is 3. The Bertz CT molecular complexity index is 1150. The van der Waals surface area contributed by atoms with E-state index in [1.165, 1.54) is 19.4 Å². The molecule has 0 bridgehead atoms. The Morgan fingerprint density at radius 3 is 2.34 bits per heavy atom. The van der Waals surface area contributed by atoms with Crippen LogP contribution in [0.2, 0.25) is 0 Å². The van der Waals surface area contributed by atoms with Gasteiger partial charge in [-0.2, -0.15) is 13.2 Å². The molecule has 3 heterocycles. The summed E-state index contributed by atoms with van der Waals surface area (Å²) in [5.74, 6) is -2.30. The Hall–Kier alpha value is -3.24. The number of pyridine rings is 2. The molecule has 0 aliphatic carbocycles. The number of halogens is 5. The fourth-order valence-electron chi connectivity index (χ4n) is 2.28. The molecule has 0 spiro atoms. The minimum Gasteiger partial charge on any atom is -0.497 e. The SMILES string of the molecule is COc1ccnc(-c2nc(C(F)(F)F)n[n-]2)c1.Fc1c[c-]c(-c2ccccn2)c(F)c1.[Ir]. The molecule has 3 aromatic heterocycles. The van der Waals surface area contributed by atoms with Gasteiger partial charge < -0.3 is 19.8 Å². The van der Waals surface area contributed by atoms with E-state index in [9.17, 15) is 22.0 Å². The summed E-state index contributed by atoms with van der Waals surface area (Å²) in [4.78, 5) is 11.0. The first kappa shape index (κ1) is 25.0. The van der Waals surface area contributed by atoms with Crippen molar-refractivity contribution in [2.75, 3.05) is 7.11 Å². The van der Waals surface area contributed by atoms with E-state index in [4.69, 9.17) is 4.74 Å². The van der Waals surface area contributed by atoms with Crippen LogP contribution in [0, 0.1) is 17.7 Å². The third kappa shape index (κ3) is 6.38. The van der Waals surface area contributed by atoms with Crippen molar-refractivity contribution in [2.24, 2.45) is 0 Å². The Morgan fingerprint density at radius 2 is 1.75 bits per heavy atom. The van der Waals surface area contributed by atoms with E-state index in [1.807, 2.05) is 0 Å². The molecule has 169 valence electrons. The van der Waals surface area contributed by atoms with E-state index < -0.39 is 23.6 Å². The largest absolute Gasteiger partial charge is 0.497 e. The maximum absolute atomic E-state index is 13.2. The molecule has 4 aromatic rings. The van der Waals surface area contributed by atoms with Gasteiger partial charge in [-0.3, -0.25) is 18.9 Å². The van der Waals surface area contributed by atoms with Gasteiger partial charge in [0.15, 0.2) is 0 Å². The molecule has 0 amide bonds. The van der Waals surface area contributed by atoms with Crippen molar-refractivity contribution in [2.45, 2.75) is 6.18 Å². The molecule has 0 atom stereocenters. The van der Waals surface area contributed by atoms with E-state index in [0.29, 0.717) is 11.4 Å². The van der Waals surface area contributed by atoms with Crippen LogP contribution < -0.4 is 9.84 Å². The zero-order chi connectivity index (χ0) is 22.4. The molecular weight excluding hydrogens is 613 g/mol. The average molecular weight is 626 g/mol. The Morgan fingerprint density at radius 1 is 1.00 bits per heavy atom. The number of alkyl halides is 3. The summed E-state index contributed by atoms with van der Waals surface area (Å²) in [7, 11) is 1.43. The minimum absolute atomic E-state index is 0. The molecule has 0 aliphatic heterocycles. The van der Waals surface area contributed by atoms with Crippen molar-refractivity contribution in [3.05, 3.63) is 78.4 Å². The van der Waals surface area contributed by atoms with Crippen LogP contribution in [0.5, 0.6) is 5.75 Å². The summed E-state index contributed by atoms with van der Waals surface area (Å²) < 4.78 is 67.5. The predicted molar refractivity (Wildman–Crippen MR) is 98.6 cm³/mol.